The zero-order chi connectivity index (χ0) is 11.7. The number of benzene rings is 1. The quantitative estimate of drug-likeness (QED) is 0.724. The standard InChI is InChI=1S/C12H14N2O2/c1-3-8-4-9(11(16)5-10(8)15)12-7(2)6-13-14-12/h4-6,15-16H,3H2,1-2H3,(H,13,14). The van der Waals surface area contributed by atoms with E-state index in [0.717, 1.165) is 16.8 Å². The highest BCUT2D eigenvalue weighted by molar-refractivity contribution is 5.71. The van der Waals surface area contributed by atoms with E-state index in [-0.39, 0.29) is 11.5 Å². The first kappa shape index (κ1) is 10.5. The lowest BCUT2D eigenvalue weighted by atomic mass is 10.0. The molecule has 1 aromatic heterocycles. The van der Waals surface area contributed by atoms with Crippen molar-refractivity contribution in [2.24, 2.45) is 0 Å². The normalized spacial score (nSPS) is 10.6. The van der Waals surface area contributed by atoms with E-state index in [1.54, 1.807) is 12.3 Å². The van der Waals surface area contributed by atoms with E-state index in [9.17, 15) is 10.2 Å². The zero-order valence-corrected chi connectivity index (χ0v) is 9.28. The minimum Gasteiger partial charge on any atom is -0.508 e. The number of nitrogens with one attached hydrogen (secondary N) is 1. The summed E-state index contributed by atoms with van der Waals surface area (Å²) in [6, 6.07) is 3.15. The predicted octanol–water partition coefficient (Wildman–Crippen LogP) is 2.36. The van der Waals surface area contributed by atoms with Crippen LogP contribution in [0.5, 0.6) is 11.5 Å². The largest absolute Gasteiger partial charge is 0.508 e. The van der Waals surface area contributed by atoms with Crippen molar-refractivity contribution in [1.29, 1.82) is 0 Å². The number of hydrogen-bond donors (Lipinski definition) is 3. The average Bonchev–Trinajstić information content (AvgIpc) is 2.65. The number of aromatic hydroxyl groups is 2. The maximum Gasteiger partial charge on any atom is 0.128 e. The molecule has 84 valence electrons. The molecule has 4 heteroatoms. The van der Waals surface area contributed by atoms with Gasteiger partial charge >= 0.3 is 0 Å². The Morgan fingerprint density at radius 1 is 1.25 bits per heavy atom. The summed E-state index contributed by atoms with van der Waals surface area (Å²) in [6.45, 7) is 3.87. The summed E-state index contributed by atoms with van der Waals surface area (Å²) in [7, 11) is 0. The molecule has 0 saturated heterocycles. The Balaban J connectivity index is 2.61. The summed E-state index contributed by atoms with van der Waals surface area (Å²) in [6.07, 6.45) is 2.42. The third kappa shape index (κ3) is 1.62. The molecule has 0 aliphatic heterocycles. The molecular weight excluding hydrogens is 204 g/mol. The summed E-state index contributed by atoms with van der Waals surface area (Å²) in [5, 5.41) is 26.2. The molecule has 1 aromatic carbocycles. The van der Waals surface area contributed by atoms with Gasteiger partial charge in [-0.15, -0.1) is 0 Å². The van der Waals surface area contributed by atoms with E-state index < -0.39 is 0 Å². The van der Waals surface area contributed by atoms with Gasteiger partial charge in [0, 0.05) is 11.6 Å². The van der Waals surface area contributed by atoms with E-state index in [2.05, 4.69) is 10.2 Å². The second kappa shape index (κ2) is 3.89. The number of H-pyrrole nitrogens is 1. The van der Waals surface area contributed by atoms with Gasteiger partial charge in [-0.2, -0.15) is 5.10 Å². The van der Waals surface area contributed by atoms with Crippen molar-refractivity contribution in [2.45, 2.75) is 20.3 Å². The van der Waals surface area contributed by atoms with Crippen LogP contribution in [0.25, 0.3) is 11.3 Å². The van der Waals surface area contributed by atoms with Crippen LogP contribution in [0.2, 0.25) is 0 Å². The molecule has 0 fully saturated rings. The van der Waals surface area contributed by atoms with Gasteiger partial charge in [-0.05, 0) is 30.5 Å². The van der Waals surface area contributed by atoms with Gasteiger partial charge in [0.25, 0.3) is 0 Å². The van der Waals surface area contributed by atoms with Crippen molar-refractivity contribution in [3.05, 3.63) is 29.5 Å². The topological polar surface area (TPSA) is 69.1 Å². The number of hydrogen-bond acceptors (Lipinski definition) is 3. The Kier molecular flexibility index (Phi) is 2.56. The van der Waals surface area contributed by atoms with E-state index in [0.29, 0.717) is 12.0 Å². The summed E-state index contributed by atoms with van der Waals surface area (Å²) >= 11 is 0. The van der Waals surface area contributed by atoms with Gasteiger partial charge < -0.3 is 10.2 Å². The Hall–Kier alpha value is -1.97. The third-order valence-corrected chi connectivity index (χ3v) is 2.68. The highest BCUT2D eigenvalue weighted by atomic mass is 16.3. The average molecular weight is 218 g/mol. The summed E-state index contributed by atoms with van der Waals surface area (Å²) in [5.74, 6) is 0.183. The number of phenolic OH excluding ortho intramolecular Hbond substituents is 2. The van der Waals surface area contributed by atoms with Gasteiger partial charge in [0.15, 0.2) is 0 Å². The number of aryl methyl sites for hydroxylation is 2. The molecule has 2 rings (SSSR count). The number of aromatic nitrogens is 2. The van der Waals surface area contributed by atoms with Crippen molar-refractivity contribution in [1.82, 2.24) is 10.2 Å². The van der Waals surface area contributed by atoms with Gasteiger partial charge in [0.05, 0.1) is 11.9 Å². The van der Waals surface area contributed by atoms with Crippen LogP contribution in [0, 0.1) is 6.92 Å². The molecule has 0 aliphatic rings. The van der Waals surface area contributed by atoms with Crippen LogP contribution in [-0.4, -0.2) is 20.4 Å². The highest BCUT2D eigenvalue weighted by Crippen LogP contribution is 2.35. The van der Waals surface area contributed by atoms with Gasteiger partial charge in [-0.3, -0.25) is 5.10 Å². The second-order valence-electron chi connectivity index (χ2n) is 3.78. The Morgan fingerprint density at radius 3 is 2.56 bits per heavy atom. The molecule has 0 amide bonds. The molecule has 0 unspecified atom stereocenters. The lowest BCUT2D eigenvalue weighted by molar-refractivity contribution is 0.447. The number of nitrogens with zero attached hydrogens (tertiary/aromatic N) is 1. The zero-order valence-electron chi connectivity index (χ0n) is 9.28. The van der Waals surface area contributed by atoms with Crippen molar-refractivity contribution in [3.8, 4) is 22.8 Å². The van der Waals surface area contributed by atoms with Gasteiger partial charge in [-0.25, -0.2) is 0 Å². The maximum absolute atomic E-state index is 9.80. The molecule has 0 bridgehead atoms. The highest BCUT2D eigenvalue weighted by Gasteiger charge is 2.12. The summed E-state index contributed by atoms with van der Waals surface area (Å²) in [4.78, 5) is 0. The molecule has 16 heavy (non-hydrogen) atoms. The van der Waals surface area contributed by atoms with E-state index >= 15 is 0 Å². The predicted molar refractivity (Wildman–Crippen MR) is 61.5 cm³/mol. The molecule has 2 aromatic rings. The second-order valence-corrected chi connectivity index (χ2v) is 3.78. The number of phenols is 2. The Bertz CT molecular complexity index is 518. The fourth-order valence-electron chi connectivity index (χ4n) is 1.72. The SMILES string of the molecule is CCc1cc(-c2[nH]ncc2C)c(O)cc1O. The fourth-order valence-corrected chi connectivity index (χ4v) is 1.72. The van der Waals surface area contributed by atoms with E-state index in [4.69, 9.17) is 0 Å². The van der Waals surface area contributed by atoms with Crippen LogP contribution in [0.1, 0.15) is 18.1 Å². The molecule has 0 radical (unpaired) electrons. The maximum atomic E-state index is 9.80. The first-order valence-electron chi connectivity index (χ1n) is 5.18. The molecule has 0 saturated carbocycles. The minimum absolute atomic E-state index is 0.0575. The van der Waals surface area contributed by atoms with Crippen molar-refractivity contribution < 1.29 is 10.2 Å². The third-order valence-electron chi connectivity index (χ3n) is 2.68. The van der Waals surface area contributed by atoms with Crippen molar-refractivity contribution in [3.63, 3.8) is 0 Å². The van der Waals surface area contributed by atoms with Crippen LogP contribution in [0.4, 0.5) is 0 Å². The molecule has 4 nitrogen and oxygen atoms in total. The Morgan fingerprint density at radius 2 is 2.00 bits per heavy atom. The fraction of sp³-hybridized carbons (Fsp3) is 0.250. The lowest BCUT2D eigenvalue weighted by Crippen LogP contribution is -1.87. The van der Waals surface area contributed by atoms with Gasteiger partial charge in [0.1, 0.15) is 11.5 Å². The van der Waals surface area contributed by atoms with Crippen LogP contribution in [-0.2, 0) is 6.42 Å². The van der Waals surface area contributed by atoms with E-state index in [1.807, 2.05) is 13.8 Å². The smallest absolute Gasteiger partial charge is 0.128 e. The molecular formula is C12H14N2O2. The lowest BCUT2D eigenvalue weighted by Gasteiger charge is -2.08. The molecule has 0 aliphatic carbocycles. The van der Waals surface area contributed by atoms with Gasteiger partial charge in [-0.1, -0.05) is 6.92 Å². The first-order chi connectivity index (χ1) is 7.63. The van der Waals surface area contributed by atoms with Gasteiger partial charge in [0.2, 0.25) is 0 Å². The van der Waals surface area contributed by atoms with Crippen molar-refractivity contribution >= 4 is 0 Å². The Labute approximate surface area is 93.6 Å². The molecule has 3 N–H and O–H groups in total. The first-order valence-corrected chi connectivity index (χ1v) is 5.18. The molecule has 0 atom stereocenters. The molecule has 1 heterocycles. The minimum atomic E-state index is 0.0575. The van der Waals surface area contributed by atoms with Crippen LogP contribution in [0.3, 0.4) is 0 Å². The van der Waals surface area contributed by atoms with Crippen molar-refractivity contribution in [2.75, 3.05) is 0 Å². The van der Waals surface area contributed by atoms with Crippen LogP contribution < -0.4 is 0 Å². The number of rotatable bonds is 2. The summed E-state index contributed by atoms with van der Waals surface area (Å²) in [5.41, 5.74) is 3.22. The summed E-state index contributed by atoms with van der Waals surface area (Å²) < 4.78 is 0. The van der Waals surface area contributed by atoms with Crippen LogP contribution in [0.15, 0.2) is 18.3 Å². The molecule has 0 spiro atoms. The monoisotopic (exact) mass is 218 g/mol. The number of aromatic amines is 1. The van der Waals surface area contributed by atoms with Crippen LogP contribution >= 0.6 is 0 Å². The van der Waals surface area contributed by atoms with E-state index in [1.165, 1.54) is 6.07 Å².